The Morgan fingerprint density at radius 2 is 1.29 bits per heavy atom. The van der Waals surface area contributed by atoms with Crippen LogP contribution in [0.2, 0.25) is 0 Å². The van der Waals surface area contributed by atoms with Crippen molar-refractivity contribution >= 4 is 11.9 Å². The fourth-order valence-electron chi connectivity index (χ4n) is 0.713. The minimum absolute atomic E-state index is 0.224. The zero-order valence-electron chi connectivity index (χ0n) is 7.77. The van der Waals surface area contributed by atoms with E-state index >= 15 is 0 Å². The fraction of sp³-hybridized carbons (Fsp3) is 0.500. The van der Waals surface area contributed by atoms with Crippen molar-refractivity contribution < 1.29 is 31.3 Å². The summed E-state index contributed by atoms with van der Waals surface area (Å²) in [6.07, 6.45) is 3.55. The standard InChI is InChI=1S/C8H14N2O4/c9-5(7(11)12)3-1-2-4-6(10)8(13)14/h1-2,5-6H,3-4,9-10H2,(H,11,12)(H,13,14)/b2-1+/t5-,6-/m1/s1. The molecule has 0 saturated heterocycles. The maximum atomic E-state index is 10.2. The molecule has 0 spiro atoms. The first kappa shape index (κ1) is 12.6. The third-order valence-electron chi connectivity index (χ3n) is 1.67. The first-order valence-corrected chi connectivity index (χ1v) is 4.18. The molecule has 0 saturated carbocycles. The van der Waals surface area contributed by atoms with E-state index in [0.29, 0.717) is 0 Å². The van der Waals surface area contributed by atoms with Crippen molar-refractivity contribution in [2.45, 2.75) is 24.9 Å². The maximum absolute atomic E-state index is 10.2. The number of carbonyl (C=O) groups is 2. The first-order chi connectivity index (χ1) is 6.45. The van der Waals surface area contributed by atoms with Gasteiger partial charge in [0.25, 0.3) is 0 Å². The van der Waals surface area contributed by atoms with Crippen LogP contribution in [0.4, 0.5) is 0 Å². The van der Waals surface area contributed by atoms with Crippen molar-refractivity contribution in [1.29, 1.82) is 0 Å². The molecule has 0 aromatic heterocycles. The molecule has 6 heteroatoms. The quantitative estimate of drug-likeness (QED) is 0.417. The van der Waals surface area contributed by atoms with Gasteiger partial charge in [0.15, 0.2) is 0 Å². The Labute approximate surface area is 81.2 Å². The third-order valence-corrected chi connectivity index (χ3v) is 1.67. The Hall–Kier alpha value is -1.40. The summed E-state index contributed by atoms with van der Waals surface area (Å²) < 4.78 is 0. The van der Waals surface area contributed by atoms with Crippen LogP contribution in [-0.4, -0.2) is 24.0 Å². The van der Waals surface area contributed by atoms with Crippen LogP contribution in [0.25, 0.3) is 0 Å². The number of hydrogen-bond donors (Lipinski definition) is 2. The second-order valence-electron chi connectivity index (χ2n) is 2.97. The Morgan fingerprint density at radius 3 is 1.50 bits per heavy atom. The van der Waals surface area contributed by atoms with E-state index in [9.17, 15) is 19.8 Å². The predicted molar refractivity (Wildman–Crippen MR) is 41.7 cm³/mol. The van der Waals surface area contributed by atoms with Crippen LogP contribution in [0.1, 0.15) is 12.8 Å². The van der Waals surface area contributed by atoms with Crippen LogP contribution < -0.4 is 21.7 Å². The maximum Gasteiger partial charge on any atom is 0.128 e. The molecule has 14 heavy (non-hydrogen) atoms. The molecule has 0 aliphatic carbocycles. The Balaban J connectivity index is 3.74. The summed E-state index contributed by atoms with van der Waals surface area (Å²) in [6, 6.07) is -1.62. The highest BCUT2D eigenvalue weighted by Crippen LogP contribution is 1.91. The third kappa shape index (κ3) is 5.28. The van der Waals surface area contributed by atoms with Gasteiger partial charge in [-0.05, 0) is 0 Å². The summed E-state index contributed by atoms with van der Waals surface area (Å²) in [5, 5.41) is 20.4. The summed E-state index contributed by atoms with van der Waals surface area (Å²) in [7, 11) is 0. The topological polar surface area (TPSA) is 136 Å². The summed E-state index contributed by atoms with van der Waals surface area (Å²) in [5.41, 5.74) is 6.66. The Bertz CT molecular complexity index is 215. The minimum atomic E-state index is -1.22. The molecule has 0 amide bonds. The number of carboxylic acids is 2. The van der Waals surface area contributed by atoms with E-state index in [4.69, 9.17) is 0 Å². The molecule has 0 heterocycles. The largest absolute Gasteiger partial charge is 0.544 e. The molecule has 6 nitrogen and oxygen atoms in total. The molecule has 0 unspecified atom stereocenters. The molecular weight excluding hydrogens is 188 g/mol. The predicted octanol–water partition coefficient (Wildman–Crippen LogP) is -4.96. The van der Waals surface area contributed by atoms with Crippen molar-refractivity contribution in [3.05, 3.63) is 12.2 Å². The van der Waals surface area contributed by atoms with E-state index in [1.54, 1.807) is 12.2 Å². The van der Waals surface area contributed by atoms with Crippen LogP contribution >= 0.6 is 0 Å². The monoisotopic (exact) mass is 202 g/mol. The number of aliphatic carboxylic acids is 2. The normalized spacial score (nSPS) is 15.3. The Kier molecular flexibility index (Phi) is 5.50. The van der Waals surface area contributed by atoms with Crippen LogP contribution in [-0.2, 0) is 9.59 Å². The molecular formula is C8H14N2O4. The van der Waals surface area contributed by atoms with E-state index in [0.717, 1.165) is 0 Å². The smallest absolute Gasteiger partial charge is 0.128 e. The lowest BCUT2D eigenvalue weighted by atomic mass is 10.1. The van der Waals surface area contributed by atoms with Crippen molar-refractivity contribution in [2.75, 3.05) is 0 Å². The number of carboxylic acid groups (broad SMARTS) is 2. The summed E-state index contributed by atoms with van der Waals surface area (Å²) in [5.74, 6) is -2.44. The van der Waals surface area contributed by atoms with Crippen molar-refractivity contribution in [3.63, 3.8) is 0 Å². The van der Waals surface area contributed by atoms with Crippen molar-refractivity contribution in [1.82, 2.24) is 0 Å². The lowest BCUT2D eigenvalue weighted by Crippen LogP contribution is -2.68. The highest BCUT2D eigenvalue weighted by Gasteiger charge is 2.05. The highest BCUT2D eigenvalue weighted by atomic mass is 16.4. The molecule has 0 bridgehead atoms. The molecule has 6 N–H and O–H groups in total. The molecule has 0 aromatic rings. The van der Waals surface area contributed by atoms with Gasteiger partial charge < -0.3 is 31.3 Å². The van der Waals surface area contributed by atoms with E-state index in [1.807, 2.05) is 0 Å². The van der Waals surface area contributed by atoms with Crippen LogP contribution in [0.15, 0.2) is 12.2 Å². The van der Waals surface area contributed by atoms with E-state index < -0.39 is 24.0 Å². The Morgan fingerprint density at radius 1 is 1.00 bits per heavy atom. The van der Waals surface area contributed by atoms with Gasteiger partial charge in [-0.1, -0.05) is 12.2 Å². The van der Waals surface area contributed by atoms with Gasteiger partial charge in [0, 0.05) is 12.8 Å². The van der Waals surface area contributed by atoms with Crippen molar-refractivity contribution in [2.24, 2.45) is 0 Å². The van der Waals surface area contributed by atoms with Gasteiger partial charge in [-0.3, -0.25) is 0 Å². The minimum Gasteiger partial charge on any atom is -0.544 e. The molecule has 0 radical (unpaired) electrons. The molecule has 0 fully saturated rings. The van der Waals surface area contributed by atoms with Crippen molar-refractivity contribution in [3.8, 4) is 0 Å². The van der Waals surface area contributed by atoms with E-state index in [-0.39, 0.29) is 12.8 Å². The number of quaternary nitrogens is 2. The van der Waals surface area contributed by atoms with Gasteiger partial charge in [0.1, 0.15) is 12.1 Å². The number of rotatable bonds is 6. The average Bonchev–Trinajstić information content (AvgIpc) is 2.11. The average molecular weight is 202 g/mol. The number of carbonyl (C=O) groups excluding carboxylic acids is 2. The van der Waals surface area contributed by atoms with Gasteiger partial charge >= 0.3 is 0 Å². The van der Waals surface area contributed by atoms with E-state index in [2.05, 4.69) is 11.5 Å². The van der Waals surface area contributed by atoms with E-state index in [1.165, 1.54) is 0 Å². The second-order valence-corrected chi connectivity index (χ2v) is 2.97. The zero-order valence-corrected chi connectivity index (χ0v) is 7.77. The van der Waals surface area contributed by atoms with Gasteiger partial charge in [-0.25, -0.2) is 0 Å². The SMILES string of the molecule is [NH3+][C@H](C/C=C/C[C@@H]([NH3+])C(=O)[O-])C(=O)[O-]. The molecule has 0 aliphatic heterocycles. The molecule has 80 valence electrons. The molecule has 0 aliphatic rings. The molecule has 2 atom stereocenters. The molecule has 0 aromatic carbocycles. The number of hydrogen-bond acceptors (Lipinski definition) is 4. The van der Waals surface area contributed by atoms with Crippen LogP contribution in [0.5, 0.6) is 0 Å². The van der Waals surface area contributed by atoms with Crippen LogP contribution in [0.3, 0.4) is 0 Å². The van der Waals surface area contributed by atoms with Crippen LogP contribution in [0, 0.1) is 0 Å². The van der Waals surface area contributed by atoms with Gasteiger partial charge in [0.05, 0.1) is 11.9 Å². The highest BCUT2D eigenvalue weighted by molar-refractivity contribution is 5.69. The first-order valence-electron chi connectivity index (χ1n) is 4.18. The zero-order chi connectivity index (χ0) is 11.1. The fourth-order valence-corrected chi connectivity index (χ4v) is 0.713. The van der Waals surface area contributed by atoms with Gasteiger partial charge in [-0.15, -0.1) is 0 Å². The summed E-state index contributed by atoms with van der Waals surface area (Å²) in [6.45, 7) is 0. The molecule has 0 rings (SSSR count). The summed E-state index contributed by atoms with van der Waals surface area (Å²) >= 11 is 0. The second kappa shape index (κ2) is 6.11. The van der Waals surface area contributed by atoms with Gasteiger partial charge in [-0.2, -0.15) is 0 Å². The summed E-state index contributed by atoms with van der Waals surface area (Å²) in [4.78, 5) is 20.4. The van der Waals surface area contributed by atoms with Gasteiger partial charge in [0.2, 0.25) is 0 Å². The lowest BCUT2D eigenvalue weighted by molar-refractivity contribution is -0.437. The lowest BCUT2D eigenvalue weighted by Gasteiger charge is -2.07.